The van der Waals surface area contributed by atoms with Crippen molar-refractivity contribution >= 4 is 97.3 Å². The molecule has 6 N–H and O–H groups in total. The predicted molar refractivity (Wildman–Crippen MR) is 212 cm³/mol. The van der Waals surface area contributed by atoms with Crippen LogP contribution < -0.4 is 20.5 Å². The largest absolute Gasteiger partial charge is 0.400 e. The Labute approximate surface area is 322 Å². The summed E-state index contributed by atoms with van der Waals surface area (Å²) in [5, 5.41) is 21.3. The molecule has 0 unspecified atom stereocenters. The van der Waals surface area contributed by atoms with Gasteiger partial charge in [-0.05, 0) is 50.2 Å². The van der Waals surface area contributed by atoms with Crippen molar-refractivity contribution in [3.05, 3.63) is 46.4 Å². The third kappa shape index (κ3) is 13.4. The summed E-state index contributed by atoms with van der Waals surface area (Å²) in [7, 11) is -6.75. The number of hydrogen-bond acceptors (Lipinski definition) is 11. The minimum Gasteiger partial charge on any atom is -0.400 e. The number of guanidine groups is 2. The molecule has 0 saturated carbocycles. The van der Waals surface area contributed by atoms with Crippen LogP contribution in [-0.4, -0.2) is 95.5 Å². The maximum absolute atomic E-state index is 12.7. The average Bonchev–Trinajstić information content (AvgIpc) is 3.60. The number of sulfonamides is 2. The van der Waals surface area contributed by atoms with E-state index in [-0.39, 0.29) is 60.9 Å². The molecule has 0 saturated heterocycles. The van der Waals surface area contributed by atoms with Crippen LogP contribution in [-0.2, 0) is 24.8 Å². The van der Waals surface area contributed by atoms with E-state index in [4.69, 9.17) is 34.0 Å². The van der Waals surface area contributed by atoms with Gasteiger partial charge in [0.15, 0.2) is 0 Å². The summed E-state index contributed by atoms with van der Waals surface area (Å²) in [6.07, 6.45) is 3.53. The van der Waals surface area contributed by atoms with Gasteiger partial charge in [-0.15, -0.1) is 12.4 Å². The highest BCUT2D eigenvalue weighted by atomic mass is 35.5. The normalized spacial score (nSPS) is 16.2. The number of hydrogen-bond donors (Lipinski definition) is 5. The molecule has 0 spiro atoms. The SMILES string of the molecule is CCN=C(NS(=O)(=O)c1ccc(N)c(Cl)c1)N1CC(C)(C)C=N1.CCN=C(NS(=O)(=O)c1ccc(NC(C)=O)c(Cl)c1)N1CC(C)(C)C=N1.CO.Cl. The molecule has 0 atom stereocenters. The second-order valence-electron chi connectivity index (χ2n) is 12.4. The number of nitrogens with two attached hydrogens (primary N) is 1. The average molecular weight is 826 g/mol. The number of aliphatic imine (C=N–C) groups is 2. The van der Waals surface area contributed by atoms with Crippen LogP contribution in [0.2, 0.25) is 10.0 Å². The second-order valence-corrected chi connectivity index (χ2v) is 16.6. The zero-order valence-electron chi connectivity index (χ0n) is 30.2. The zero-order valence-corrected chi connectivity index (χ0v) is 34.1. The number of aliphatic hydroxyl groups is 1. The minimum absolute atomic E-state index is 0. The molecule has 0 bridgehead atoms. The van der Waals surface area contributed by atoms with Gasteiger partial charge in [-0.25, -0.2) is 36.3 Å². The highest BCUT2D eigenvalue weighted by Crippen LogP contribution is 2.27. The molecule has 0 fully saturated rings. The van der Waals surface area contributed by atoms with Crippen LogP contribution in [0.4, 0.5) is 11.4 Å². The molecule has 16 nitrogen and oxygen atoms in total. The lowest BCUT2D eigenvalue weighted by Crippen LogP contribution is -2.42. The Morgan fingerprint density at radius 3 is 1.56 bits per heavy atom. The second kappa shape index (κ2) is 19.4. The standard InChI is InChI=1S/C16H22ClN5O3S.C14H20ClN5O2S.CH4O.ClH/c1-5-18-15(22-10-16(3,4)9-19-22)21-26(24,25)12-6-7-14(13(17)8-12)20-11(2)23;1-4-17-13(20-9-14(2,3)8-18-20)19-23(21,22)10-5-6-12(16)11(15)7-10;1-2;/h6-9H,5,10H2,1-4H3,(H,18,21)(H,20,23);5-8H,4,9,16H2,1-3H3,(H,17,19);2H,1H3;1H. The summed E-state index contributed by atoms with van der Waals surface area (Å²) in [5.41, 5.74) is 5.94. The van der Waals surface area contributed by atoms with E-state index in [2.05, 4.69) is 34.9 Å². The molecule has 2 aliphatic heterocycles. The fourth-order valence-electron chi connectivity index (χ4n) is 4.27. The van der Waals surface area contributed by atoms with Crippen LogP contribution in [0.1, 0.15) is 48.5 Å². The molecular formula is C31H47Cl3N10O6S2. The van der Waals surface area contributed by atoms with Gasteiger partial charge in [-0.3, -0.25) is 14.8 Å². The summed E-state index contributed by atoms with van der Waals surface area (Å²) in [5.74, 6) is 0.0335. The van der Waals surface area contributed by atoms with Crippen molar-refractivity contribution in [3.8, 4) is 0 Å². The van der Waals surface area contributed by atoms with Crippen molar-refractivity contribution in [2.24, 2.45) is 31.0 Å². The topological polar surface area (TPSA) is 224 Å². The number of hydrazone groups is 2. The fourth-order valence-corrected chi connectivity index (χ4v) is 6.90. The number of rotatable bonds is 7. The van der Waals surface area contributed by atoms with Crippen LogP contribution in [0, 0.1) is 10.8 Å². The molecule has 0 radical (unpaired) electrons. The van der Waals surface area contributed by atoms with Gasteiger partial charge in [0.2, 0.25) is 17.8 Å². The molecule has 2 aliphatic rings. The number of nitrogen functional groups attached to an aromatic ring is 1. The maximum Gasteiger partial charge on any atom is 0.264 e. The highest BCUT2D eigenvalue weighted by molar-refractivity contribution is 7.90. The Balaban J connectivity index is 0.000000490. The van der Waals surface area contributed by atoms with Crippen molar-refractivity contribution < 1.29 is 26.7 Å². The lowest BCUT2D eigenvalue weighted by Gasteiger charge is -2.21. The van der Waals surface area contributed by atoms with E-state index < -0.39 is 20.0 Å². The third-order valence-electron chi connectivity index (χ3n) is 6.61. The monoisotopic (exact) mass is 824 g/mol. The Kier molecular flexibility index (Phi) is 17.3. The minimum atomic E-state index is -3.92. The summed E-state index contributed by atoms with van der Waals surface area (Å²) in [6, 6.07) is 8.22. The first-order chi connectivity index (χ1) is 23.7. The van der Waals surface area contributed by atoms with Crippen molar-refractivity contribution in [2.75, 3.05) is 44.3 Å². The molecule has 21 heteroatoms. The Bertz CT molecular complexity index is 1900. The summed E-state index contributed by atoms with van der Waals surface area (Å²) in [4.78, 5) is 19.5. The van der Waals surface area contributed by atoms with Crippen LogP contribution >= 0.6 is 35.6 Å². The lowest BCUT2D eigenvalue weighted by atomic mass is 9.97. The number of aliphatic hydroxyl groups excluding tert-OH is 1. The summed E-state index contributed by atoms with van der Waals surface area (Å²) in [6.45, 7) is 14.8. The van der Waals surface area contributed by atoms with Gasteiger partial charge in [-0.1, -0.05) is 50.9 Å². The van der Waals surface area contributed by atoms with Crippen molar-refractivity contribution in [1.29, 1.82) is 0 Å². The van der Waals surface area contributed by atoms with E-state index in [1.807, 2.05) is 34.6 Å². The zero-order chi connectivity index (χ0) is 38.8. The smallest absolute Gasteiger partial charge is 0.264 e. The first-order valence-electron chi connectivity index (χ1n) is 15.6. The number of nitrogens with one attached hydrogen (secondary N) is 3. The molecule has 52 heavy (non-hydrogen) atoms. The molecule has 290 valence electrons. The quantitative estimate of drug-likeness (QED) is 0.153. The van der Waals surface area contributed by atoms with Gasteiger partial charge in [0.1, 0.15) is 0 Å². The summed E-state index contributed by atoms with van der Waals surface area (Å²) >= 11 is 12.0. The van der Waals surface area contributed by atoms with Crippen molar-refractivity contribution in [1.82, 2.24) is 19.5 Å². The van der Waals surface area contributed by atoms with Crippen LogP contribution in [0.3, 0.4) is 0 Å². The van der Waals surface area contributed by atoms with Gasteiger partial charge in [0.05, 0.1) is 44.3 Å². The Hall–Kier alpha value is -3.68. The summed E-state index contributed by atoms with van der Waals surface area (Å²) < 4.78 is 55.4. The van der Waals surface area contributed by atoms with Crippen LogP contribution in [0.15, 0.2) is 66.4 Å². The molecule has 0 aliphatic carbocycles. The van der Waals surface area contributed by atoms with Gasteiger partial charge < -0.3 is 16.2 Å². The van der Waals surface area contributed by atoms with E-state index >= 15 is 0 Å². The molecule has 4 rings (SSSR count). The number of halogens is 3. The number of nitrogens with zero attached hydrogens (tertiary/aromatic N) is 6. The van der Waals surface area contributed by atoms with Crippen molar-refractivity contribution in [2.45, 2.75) is 58.3 Å². The Morgan fingerprint density at radius 1 is 0.827 bits per heavy atom. The molecule has 1 amide bonds. The number of benzene rings is 2. The van der Waals surface area contributed by atoms with E-state index in [0.29, 0.717) is 37.6 Å². The van der Waals surface area contributed by atoms with E-state index in [1.165, 1.54) is 48.3 Å². The van der Waals surface area contributed by atoms with E-state index in [9.17, 15) is 21.6 Å². The van der Waals surface area contributed by atoms with Gasteiger partial charge in [0, 0.05) is 50.4 Å². The first kappa shape index (κ1) is 46.3. The molecule has 2 heterocycles. The number of carbonyl (C=O) groups is 1. The van der Waals surface area contributed by atoms with Crippen LogP contribution in [0.5, 0.6) is 0 Å². The molecule has 0 aromatic heterocycles. The number of amides is 1. The fraction of sp³-hybridized carbons (Fsp3) is 0.452. The maximum atomic E-state index is 12.7. The predicted octanol–water partition coefficient (Wildman–Crippen LogP) is 4.21. The number of anilines is 2. The van der Waals surface area contributed by atoms with Gasteiger partial charge >= 0.3 is 0 Å². The molecular weight excluding hydrogens is 779 g/mol. The highest BCUT2D eigenvalue weighted by Gasteiger charge is 2.31. The van der Waals surface area contributed by atoms with E-state index in [0.717, 1.165) is 7.11 Å². The molecule has 2 aromatic carbocycles. The lowest BCUT2D eigenvalue weighted by molar-refractivity contribution is -0.114. The number of carbonyl (C=O) groups excluding carboxylic acids is 1. The Morgan fingerprint density at radius 2 is 1.23 bits per heavy atom. The first-order valence-corrected chi connectivity index (χ1v) is 19.3. The molecule has 2 aromatic rings. The van der Waals surface area contributed by atoms with Gasteiger partial charge in [0.25, 0.3) is 20.0 Å². The van der Waals surface area contributed by atoms with Crippen LogP contribution in [0.25, 0.3) is 0 Å². The third-order valence-corrected chi connectivity index (χ3v) is 9.90. The van der Waals surface area contributed by atoms with Crippen molar-refractivity contribution in [3.63, 3.8) is 0 Å². The van der Waals surface area contributed by atoms with Gasteiger partial charge in [-0.2, -0.15) is 10.2 Å². The van der Waals surface area contributed by atoms with E-state index in [1.54, 1.807) is 24.4 Å².